The van der Waals surface area contributed by atoms with Gasteiger partial charge in [0.15, 0.2) is 0 Å². The lowest BCUT2D eigenvalue weighted by molar-refractivity contribution is -0.138. The zero-order valence-electron chi connectivity index (χ0n) is 16.2. The highest BCUT2D eigenvalue weighted by Gasteiger charge is 2.28. The fourth-order valence-electron chi connectivity index (χ4n) is 3.43. The minimum atomic E-state index is -0.575. The van der Waals surface area contributed by atoms with Crippen molar-refractivity contribution in [3.05, 3.63) is 35.7 Å². The number of piperazine rings is 1. The largest absolute Gasteiger partial charge is 0.453 e. The molecule has 0 spiro atoms. The van der Waals surface area contributed by atoms with E-state index < -0.39 is 17.9 Å². The van der Waals surface area contributed by atoms with Gasteiger partial charge in [-0.25, -0.2) is 9.18 Å². The van der Waals surface area contributed by atoms with Gasteiger partial charge in [-0.05, 0) is 23.8 Å². The maximum absolute atomic E-state index is 14.8. The average molecular weight is 405 g/mol. The van der Waals surface area contributed by atoms with Crippen LogP contribution in [0.15, 0.2) is 24.3 Å². The third kappa shape index (κ3) is 4.92. The van der Waals surface area contributed by atoms with Crippen LogP contribution < -0.4 is 10.2 Å². The maximum Gasteiger partial charge on any atom is 0.339 e. The molecule has 1 atom stereocenters. The fourth-order valence-corrected chi connectivity index (χ4v) is 3.43. The van der Waals surface area contributed by atoms with Gasteiger partial charge >= 0.3 is 5.97 Å². The van der Waals surface area contributed by atoms with E-state index in [0.717, 1.165) is 0 Å². The Morgan fingerprint density at radius 1 is 1.28 bits per heavy atom. The van der Waals surface area contributed by atoms with Crippen molar-refractivity contribution in [1.82, 2.24) is 10.2 Å². The first kappa shape index (κ1) is 20.8. The minimum absolute atomic E-state index is 0.0944. The van der Waals surface area contributed by atoms with E-state index in [-0.39, 0.29) is 37.0 Å². The number of ether oxygens (including phenoxy) is 1. The normalized spacial score (nSPS) is 19.1. The molecular weight excluding hydrogens is 381 g/mol. The number of rotatable bonds is 6. The number of aliphatic hydroxyl groups is 1. The Kier molecular flexibility index (Phi) is 6.48. The van der Waals surface area contributed by atoms with Crippen LogP contribution in [0.3, 0.4) is 0 Å². The lowest BCUT2D eigenvalue weighted by Gasteiger charge is -2.36. The number of anilines is 1. The van der Waals surface area contributed by atoms with Gasteiger partial charge in [-0.3, -0.25) is 9.59 Å². The number of aliphatic hydroxyl groups excluding tert-OH is 1. The predicted octanol–water partition coefficient (Wildman–Crippen LogP) is 0.302. The number of hydrogen-bond donors (Lipinski definition) is 2. The lowest BCUT2D eigenvalue weighted by atomic mass is 10.0. The molecule has 0 radical (unpaired) electrons. The van der Waals surface area contributed by atoms with Gasteiger partial charge in [0.05, 0.1) is 24.4 Å². The Morgan fingerprint density at radius 2 is 2.00 bits per heavy atom. The Balaban J connectivity index is 1.66. The molecule has 1 aromatic rings. The second-order valence-corrected chi connectivity index (χ2v) is 6.97. The summed E-state index contributed by atoms with van der Waals surface area (Å²) in [7, 11) is 0. The highest BCUT2D eigenvalue weighted by Crippen LogP contribution is 2.29. The number of carbonyl (C=O) groups excluding carboxylic acids is 3. The number of esters is 1. The van der Waals surface area contributed by atoms with Gasteiger partial charge in [0.25, 0.3) is 0 Å². The molecule has 0 bridgehead atoms. The quantitative estimate of drug-likeness (QED) is 0.661. The Hall–Kier alpha value is -2.94. The van der Waals surface area contributed by atoms with Crippen molar-refractivity contribution in [3.63, 3.8) is 0 Å². The average Bonchev–Trinajstić information content (AvgIpc) is 3.07. The van der Waals surface area contributed by atoms with E-state index >= 15 is 0 Å². The first-order valence-corrected chi connectivity index (χ1v) is 9.49. The smallest absolute Gasteiger partial charge is 0.339 e. The predicted molar refractivity (Wildman–Crippen MR) is 103 cm³/mol. The van der Waals surface area contributed by atoms with E-state index in [9.17, 15) is 18.8 Å². The molecule has 9 heteroatoms. The van der Waals surface area contributed by atoms with Crippen molar-refractivity contribution in [3.8, 4) is 0 Å². The third-order valence-electron chi connectivity index (χ3n) is 4.94. The van der Waals surface area contributed by atoms with Gasteiger partial charge in [0.1, 0.15) is 11.9 Å². The van der Waals surface area contributed by atoms with Crippen molar-refractivity contribution in [2.75, 3.05) is 44.2 Å². The van der Waals surface area contributed by atoms with E-state index in [0.29, 0.717) is 37.4 Å². The van der Waals surface area contributed by atoms with Gasteiger partial charge < -0.3 is 25.0 Å². The van der Waals surface area contributed by atoms with Crippen molar-refractivity contribution in [2.45, 2.75) is 19.4 Å². The number of cyclic esters (lactones) is 1. The molecule has 156 valence electrons. The molecule has 2 amide bonds. The number of nitrogens with one attached hydrogen (secondary N) is 1. The monoisotopic (exact) mass is 405 g/mol. The van der Waals surface area contributed by atoms with Gasteiger partial charge in [-0.2, -0.15) is 0 Å². The van der Waals surface area contributed by atoms with Crippen molar-refractivity contribution in [1.29, 1.82) is 0 Å². The molecule has 2 heterocycles. The van der Waals surface area contributed by atoms with E-state index in [1.807, 2.05) is 4.90 Å². The van der Waals surface area contributed by atoms with Gasteiger partial charge in [-0.1, -0.05) is 6.07 Å². The topological polar surface area (TPSA) is 99.2 Å². The summed E-state index contributed by atoms with van der Waals surface area (Å²) in [5.41, 5.74) is 1.09. The molecule has 29 heavy (non-hydrogen) atoms. The van der Waals surface area contributed by atoms with Crippen LogP contribution in [0.5, 0.6) is 0 Å². The summed E-state index contributed by atoms with van der Waals surface area (Å²) >= 11 is 0. The molecule has 3 rings (SSSR count). The number of halogens is 1. The van der Waals surface area contributed by atoms with Gasteiger partial charge in [-0.15, -0.1) is 0 Å². The molecule has 8 nitrogen and oxygen atoms in total. The van der Waals surface area contributed by atoms with Crippen LogP contribution >= 0.6 is 0 Å². The maximum atomic E-state index is 14.8. The minimum Gasteiger partial charge on any atom is -0.453 e. The molecule has 2 aliphatic heterocycles. The van der Waals surface area contributed by atoms with E-state index in [2.05, 4.69) is 5.32 Å². The molecule has 1 fully saturated rings. The summed E-state index contributed by atoms with van der Waals surface area (Å²) in [5.74, 6) is -1.35. The zero-order valence-corrected chi connectivity index (χ0v) is 16.2. The van der Waals surface area contributed by atoms with Crippen molar-refractivity contribution in [2.24, 2.45) is 0 Å². The summed E-state index contributed by atoms with van der Waals surface area (Å²) < 4.78 is 19.9. The zero-order chi connectivity index (χ0) is 21.0. The van der Waals surface area contributed by atoms with Crippen LogP contribution in [0.2, 0.25) is 0 Å². The van der Waals surface area contributed by atoms with Crippen LogP contribution in [-0.2, 0) is 19.1 Å². The molecule has 2 N–H and O–H groups in total. The van der Waals surface area contributed by atoms with Gasteiger partial charge in [0, 0.05) is 39.5 Å². The van der Waals surface area contributed by atoms with Crippen LogP contribution in [0.25, 0.3) is 5.57 Å². The molecule has 0 aliphatic carbocycles. The molecule has 2 aliphatic rings. The summed E-state index contributed by atoms with van der Waals surface area (Å²) in [4.78, 5) is 38.4. The van der Waals surface area contributed by atoms with Crippen LogP contribution in [0.1, 0.15) is 18.9 Å². The SMILES string of the molecule is CC(=O)NC[C@H]1C=C(c2ccc(N3CCN(C(=O)CCO)CC3)c(F)c2)C(=O)O1. The highest BCUT2D eigenvalue weighted by atomic mass is 19.1. The molecular formula is C20H24FN3O5. The Labute approximate surface area is 167 Å². The van der Waals surface area contributed by atoms with Crippen molar-refractivity contribution >= 4 is 29.0 Å². The van der Waals surface area contributed by atoms with Crippen molar-refractivity contribution < 1.29 is 28.6 Å². The fraction of sp³-hybridized carbons (Fsp3) is 0.450. The number of amides is 2. The first-order valence-electron chi connectivity index (χ1n) is 9.49. The van der Waals surface area contributed by atoms with Gasteiger partial charge in [0.2, 0.25) is 11.8 Å². The summed E-state index contributed by atoms with van der Waals surface area (Å²) in [6.45, 7) is 3.25. The first-order chi connectivity index (χ1) is 13.9. The number of benzene rings is 1. The van der Waals surface area contributed by atoms with E-state index in [1.165, 1.54) is 13.0 Å². The number of nitrogens with zero attached hydrogens (tertiary/aromatic N) is 2. The van der Waals surface area contributed by atoms with Crippen LogP contribution in [0.4, 0.5) is 10.1 Å². The third-order valence-corrected chi connectivity index (χ3v) is 4.94. The number of hydrogen-bond acceptors (Lipinski definition) is 6. The molecule has 1 aromatic carbocycles. The molecule has 0 aromatic heterocycles. The molecule has 0 saturated carbocycles. The molecule has 1 saturated heterocycles. The summed E-state index contributed by atoms with van der Waals surface area (Å²) in [5, 5.41) is 11.5. The summed E-state index contributed by atoms with van der Waals surface area (Å²) in [6, 6.07) is 4.58. The van der Waals surface area contributed by atoms with Crippen LogP contribution in [-0.4, -0.2) is 73.2 Å². The number of carbonyl (C=O) groups is 3. The highest BCUT2D eigenvalue weighted by molar-refractivity contribution is 6.18. The molecule has 0 unspecified atom stereocenters. The van der Waals surface area contributed by atoms with Crippen LogP contribution in [0, 0.1) is 5.82 Å². The second kappa shape index (κ2) is 9.04. The second-order valence-electron chi connectivity index (χ2n) is 6.97. The Bertz CT molecular complexity index is 833. The Morgan fingerprint density at radius 3 is 2.62 bits per heavy atom. The summed E-state index contributed by atoms with van der Waals surface area (Å²) in [6.07, 6.45) is 1.10. The standard InChI is InChI=1S/C20H24FN3O5/c1-13(26)22-12-15-11-16(20(28)29-15)14-2-3-18(17(21)10-14)23-5-7-24(8-6-23)19(27)4-9-25/h2-3,10-11,15,25H,4-9,12H2,1H3,(H,22,26)/t15-/m1/s1. The lowest BCUT2D eigenvalue weighted by Crippen LogP contribution is -2.49. The van der Waals surface area contributed by atoms with E-state index in [4.69, 9.17) is 9.84 Å². The van der Waals surface area contributed by atoms with E-state index in [1.54, 1.807) is 23.1 Å².